The number of halogens is 1. The molecule has 0 aliphatic heterocycles. The highest BCUT2D eigenvalue weighted by Gasteiger charge is 2.15. The number of anilines is 1. The molecule has 2 N–H and O–H groups in total. The van der Waals surface area contributed by atoms with Crippen molar-refractivity contribution in [2.24, 2.45) is 0 Å². The van der Waals surface area contributed by atoms with Crippen LogP contribution < -0.4 is 10.5 Å². The smallest absolute Gasteiger partial charge is 0.340 e. The number of nitrogens with zero attached hydrogens (tertiary/aromatic N) is 1. The summed E-state index contributed by atoms with van der Waals surface area (Å²) in [6.45, 7) is 2.02. The van der Waals surface area contributed by atoms with Gasteiger partial charge in [-0.1, -0.05) is 6.07 Å². The maximum atomic E-state index is 11.7. The van der Waals surface area contributed by atoms with Gasteiger partial charge in [0.2, 0.25) is 5.88 Å². The van der Waals surface area contributed by atoms with Crippen LogP contribution in [0.2, 0.25) is 0 Å². The molecule has 0 saturated carbocycles. The summed E-state index contributed by atoms with van der Waals surface area (Å²) in [5.74, 6) is 0.314. The number of hydrogen-bond donors (Lipinski definition) is 1. The maximum Gasteiger partial charge on any atom is 0.340 e. The number of esters is 1. The lowest BCUT2D eigenvalue weighted by Gasteiger charge is -2.10. The van der Waals surface area contributed by atoms with E-state index >= 15 is 0 Å². The molecule has 0 aliphatic carbocycles. The number of pyridine rings is 1. The molecule has 0 amide bonds. The summed E-state index contributed by atoms with van der Waals surface area (Å²) in [7, 11) is 0. The number of hydrogen-bond acceptors (Lipinski definition) is 5. The lowest BCUT2D eigenvalue weighted by atomic mass is 10.2. The van der Waals surface area contributed by atoms with E-state index in [1.165, 1.54) is 12.3 Å². The van der Waals surface area contributed by atoms with Crippen molar-refractivity contribution >= 4 is 34.2 Å². The second-order valence-electron chi connectivity index (χ2n) is 3.86. The van der Waals surface area contributed by atoms with Crippen molar-refractivity contribution in [3.8, 4) is 11.6 Å². The Balaban J connectivity index is 2.29. The van der Waals surface area contributed by atoms with Gasteiger partial charge in [-0.25, -0.2) is 9.78 Å². The molecule has 1 aromatic heterocycles. The zero-order chi connectivity index (χ0) is 14.5. The highest BCUT2D eigenvalue weighted by molar-refractivity contribution is 14.1. The molecule has 104 valence electrons. The van der Waals surface area contributed by atoms with Crippen LogP contribution in [0.5, 0.6) is 11.6 Å². The molecule has 1 aromatic carbocycles. The second kappa shape index (κ2) is 6.56. The predicted octanol–water partition coefficient (Wildman–Crippen LogP) is 3.24. The molecule has 6 heteroatoms. The summed E-state index contributed by atoms with van der Waals surface area (Å²) in [6, 6.07) is 8.95. The number of benzene rings is 1. The minimum atomic E-state index is -0.486. The SMILES string of the molecule is CCOC(=O)c1ccnc(Oc2cccc(I)c2)c1N. The van der Waals surface area contributed by atoms with E-state index < -0.39 is 5.97 Å². The summed E-state index contributed by atoms with van der Waals surface area (Å²) in [5.41, 5.74) is 6.33. The largest absolute Gasteiger partial charge is 0.462 e. The molecule has 0 aliphatic rings. The van der Waals surface area contributed by atoms with E-state index in [1.807, 2.05) is 18.2 Å². The van der Waals surface area contributed by atoms with Gasteiger partial charge in [0.1, 0.15) is 11.4 Å². The van der Waals surface area contributed by atoms with Crippen LogP contribution in [-0.4, -0.2) is 17.6 Å². The molecule has 2 rings (SSSR count). The van der Waals surface area contributed by atoms with E-state index in [4.69, 9.17) is 15.2 Å². The first-order valence-electron chi connectivity index (χ1n) is 5.97. The van der Waals surface area contributed by atoms with Gasteiger partial charge in [-0.15, -0.1) is 0 Å². The molecule has 0 unspecified atom stereocenters. The molecule has 0 saturated heterocycles. The minimum Gasteiger partial charge on any atom is -0.462 e. The molecule has 20 heavy (non-hydrogen) atoms. The first-order valence-corrected chi connectivity index (χ1v) is 7.04. The highest BCUT2D eigenvalue weighted by Crippen LogP contribution is 2.28. The van der Waals surface area contributed by atoms with Gasteiger partial charge in [0.05, 0.1) is 12.2 Å². The topological polar surface area (TPSA) is 74.4 Å². The van der Waals surface area contributed by atoms with Gasteiger partial charge in [-0.3, -0.25) is 0 Å². The zero-order valence-electron chi connectivity index (χ0n) is 10.8. The first-order chi connectivity index (χ1) is 9.61. The average molecular weight is 384 g/mol. The number of ether oxygens (including phenoxy) is 2. The van der Waals surface area contributed by atoms with Crippen molar-refractivity contribution < 1.29 is 14.3 Å². The van der Waals surface area contributed by atoms with Gasteiger partial charge < -0.3 is 15.2 Å². The molecule has 0 fully saturated rings. The van der Waals surface area contributed by atoms with Crippen LogP contribution in [0, 0.1) is 3.57 Å². The Bertz CT molecular complexity index is 632. The van der Waals surface area contributed by atoms with Crippen molar-refractivity contribution in [3.63, 3.8) is 0 Å². The van der Waals surface area contributed by atoms with Crippen LogP contribution in [0.4, 0.5) is 5.69 Å². The average Bonchev–Trinajstić information content (AvgIpc) is 2.41. The van der Waals surface area contributed by atoms with Gasteiger partial charge in [0.25, 0.3) is 0 Å². The van der Waals surface area contributed by atoms with E-state index in [0.29, 0.717) is 5.75 Å². The predicted molar refractivity (Wildman–Crippen MR) is 83.8 cm³/mol. The Hall–Kier alpha value is -1.83. The van der Waals surface area contributed by atoms with Gasteiger partial charge in [-0.05, 0) is 53.8 Å². The lowest BCUT2D eigenvalue weighted by molar-refractivity contribution is 0.0527. The molecule has 0 atom stereocenters. The van der Waals surface area contributed by atoms with E-state index in [2.05, 4.69) is 27.6 Å². The van der Waals surface area contributed by atoms with Gasteiger partial charge >= 0.3 is 5.97 Å². The van der Waals surface area contributed by atoms with E-state index in [9.17, 15) is 4.79 Å². The number of nitrogen functional groups attached to an aromatic ring is 1. The van der Waals surface area contributed by atoms with Gasteiger partial charge in [0, 0.05) is 9.77 Å². The normalized spacial score (nSPS) is 10.1. The van der Waals surface area contributed by atoms with E-state index in [0.717, 1.165) is 3.57 Å². The monoisotopic (exact) mass is 384 g/mol. The van der Waals surface area contributed by atoms with Crippen LogP contribution in [0.1, 0.15) is 17.3 Å². The molecular weight excluding hydrogens is 371 g/mol. The van der Waals surface area contributed by atoms with Crippen LogP contribution in [0.25, 0.3) is 0 Å². The number of nitrogens with two attached hydrogens (primary N) is 1. The third kappa shape index (κ3) is 3.38. The summed E-state index contributed by atoms with van der Waals surface area (Å²) < 4.78 is 11.6. The van der Waals surface area contributed by atoms with Gasteiger partial charge in [-0.2, -0.15) is 0 Å². The second-order valence-corrected chi connectivity index (χ2v) is 5.10. The van der Waals surface area contributed by atoms with Gasteiger partial charge in [0.15, 0.2) is 0 Å². The first kappa shape index (κ1) is 14.6. The Kier molecular flexibility index (Phi) is 4.78. The van der Waals surface area contributed by atoms with Crippen LogP contribution in [0.15, 0.2) is 36.5 Å². The van der Waals surface area contributed by atoms with E-state index in [-0.39, 0.29) is 23.7 Å². The zero-order valence-corrected chi connectivity index (χ0v) is 13.0. The van der Waals surface area contributed by atoms with Crippen molar-refractivity contribution in [2.75, 3.05) is 12.3 Å². The minimum absolute atomic E-state index is 0.171. The fraction of sp³-hybridized carbons (Fsp3) is 0.143. The number of rotatable bonds is 4. The third-order valence-electron chi connectivity index (χ3n) is 2.46. The van der Waals surface area contributed by atoms with Crippen molar-refractivity contribution in [1.82, 2.24) is 4.98 Å². The summed E-state index contributed by atoms with van der Waals surface area (Å²) >= 11 is 2.18. The Morgan fingerprint density at radius 2 is 2.20 bits per heavy atom. The van der Waals surface area contributed by atoms with Crippen LogP contribution >= 0.6 is 22.6 Å². The van der Waals surface area contributed by atoms with Crippen molar-refractivity contribution in [2.45, 2.75) is 6.92 Å². The fourth-order valence-corrected chi connectivity index (χ4v) is 2.08. The highest BCUT2D eigenvalue weighted by atomic mass is 127. The van der Waals surface area contributed by atoms with Crippen molar-refractivity contribution in [3.05, 3.63) is 45.7 Å². The molecule has 0 bridgehead atoms. The quantitative estimate of drug-likeness (QED) is 0.647. The Morgan fingerprint density at radius 1 is 1.40 bits per heavy atom. The number of carbonyl (C=O) groups excluding carboxylic acids is 1. The molecular formula is C14H13IN2O3. The molecule has 1 heterocycles. The number of aromatic nitrogens is 1. The number of carbonyl (C=O) groups is 1. The van der Waals surface area contributed by atoms with Crippen LogP contribution in [0.3, 0.4) is 0 Å². The molecule has 5 nitrogen and oxygen atoms in total. The fourth-order valence-electron chi connectivity index (χ4n) is 1.56. The summed E-state index contributed by atoms with van der Waals surface area (Å²) in [4.78, 5) is 15.8. The summed E-state index contributed by atoms with van der Waals surface area (Å²) in [5, 5.41) is 0. The lowest BCUT2D eigenvalue weighted by Crippen LogP contribution is -2.09. The Morgan fingerprint density at radius 3 is 2.90 bits per heavy atom. The molecule has 0 spiro atoms. The van der Waals surface area contributed by atoms with Crippen LogP contribution in [-0.2, 0) is 4.74 Å². The molecule has 0 radical (unpaired) electrons. The maximum absolute atomic E-state index is 11.7. The molecule has 2 aromatic rings. The van der Waals surface area contributed by atoms with Crippen molar-refractivity contribution in [1.29, 1.82) is 0 Å². The standard InChI is InChI=1S/C14H13IN2O3/c1-2-19-14(18)11-6-7-17-13(12(11)16)20-10-5-3-4-9(15)8-10/h3-8H,2,16H2,1H3. The Labute approximate surface area is 130 Å². The summed E-state index contributed by atoms with van der Waals surface area (Å²) in [6.07, 6.45) is 1.46. The van der Waals surface area contributed by atoms with E-state index in [1.54, 1.807) is 13.0 Å². The third-order valence-corrected chi connectivity index (χ3v) is 3.13.